The highest BCUT2D eigenvalue weighted by Crippen LogP contribution is 2.32. The van der Waals surface area contributed by atoms with Gasteiger partial charge in [0.15, 0.2) is 0 Å². The van der Waals surface area contributed by atoms with Gasteiger partial charge >= 0.3 is 0 Å². The zero-order valence-electron chi connectivity index (χ0n) is 9.02. The van der Waals surface area contributed by atoms with Crippen LogP contribution in [-0.4, -0.2) is 7.11 Å². The third-order valence-corrected chi connectivity index (χ3v) is 3.06. The van der Waals surface area contributed by atoms with Crippen LogP contribution in [0.4, 0.5) is 0 Å². The van der Waals surface area contributed by atoms with Crippen LogP contribution in [0.15, 0.2) is 6.07 Å². The molecule has 3 heteroatoms. The van der Waals surface area contributed by atoms with Gasteiger partial charge in [-0.05, 0) is 49.1 Å². The summed E-state index contributed by atoms with van der Waals surface area (Å²) in [6.07, 6.45) is 0. The van der Waals surface area contributed by atoms with E-state index in [9.17, 15) is 0 Å². The Morgan fingerprint density at radius 3 is 2.29 bits per heavy atom. The molecule has 0 aliphatic rings. The zero-order chi connectivity index (χ0) is 10.9. The molecule has 2 N–H and O–H groups in total. The summed E-state index contributed by atoms with van der Waals surface area (Å²) in [6, 6.07) is 2.07. The minimum Gasteiger partial charge on any atom is -0.496 e. The molecule has 1 atom stereocenters. The number of benzene rings is 1. The minimum atomic E-state index is -0.106. The number of rotatable bonds is 2. The van der Waals surface area contributed by atoms with Crippen LogP contribution in [0.2, 0.25) is 0 Å². The molecule has 78 valence electrons. The Labute approximate surface area is 93.6 Å². The molecule has 0 saturated heterocycles. The van der Waals surface area contributed by atoms with Gasteiger partial charge in [0.2, 0.25) is 0 Å². The lowest BCUT2D eigenvalue weighted by Crippen LogP contribution is -2.06. The lowest BCUT2D eigenvalue weighted by molar-refractivity contribution is 0.408. The maximum atomic E-state index is 5.82. The Hall–Kier alpha value is -0.540. The van der Waals surface area contributed by atoms with Crippen molar-refractivity contribution in [1.82, 2.24) is 0 Å². The monoisotopic (exact) mass is 257 g/mol. The number of alkyl halides is 1. The summed E-state index contributed by atoms with van der Waals surface area (Å²) in [5.74, 6) is 0.958. The Morgan fingerprint density at radius 1 is 1.29 bits per heavy atom. The number of hydrogen-bond donors (Lipinski definition) is 1. The second-order valence-corrected chi connectivity index (χ2v) is 4.45. The summed E-state index contributed by atoms with van der Waals surface area (Å²) in [5.41, 5.74) is 10.4. The first-order valence-corrected chi connectivity index (χ1v) is 5.45. The van der Waals surface area contributed by atoms with Crippen LogP contribution in [0.5, 0.6) is 5.75 Å². The molecule has 0 saturated carbocycles. The molecule has 0 heterocycles. The lowest BCUT2D eigenvalue weighted by atomic mass is 9.99. The number of aryl methyl sites for hydroxylation is 1. The average molecular weight is 258 g/mol. The summed E-state index contributed by atoms with van der Waals surface area (Å²) in [5, 5.41) is 0. The predicted octanol–water partition coefficient (Wildman–Crippen LogP) is 2.97. The Bertz CT molecular complexity index is 348. The Morgan fingerprint density at radius 2 is 1.86 bits per heavy atom. The van der Waals surface area contributed by atoms with Gasteiger partial charge in [-0.25, -0.2) is 0 Å². The van der Waals surface area contributed by atoms with Gasteiger partial charge < -0.3 is 10.5 Å². The second kappa shape index (κ2) is 4.32. The van der Waals surface area contributed by atoms with Gasteiger partial charge in [0.1, 0.15) is 5.75 Å². The highest BCUT2D eigenvalue weighted by atomic mass is 79.9. The number of nitrogens with two attached hydrogens (primary N) is 1. The van der Waals surface area contributed by atoms with Crippen LogP contribution in [0.25, 0.3) is 0 Å². The first kappa shape index (κ1) is 11.5. The van der Waals surface area contributed by atoms with E-state index in [1.165, 1.54) is 5.56 Å². The molecule has 1 unspecified atom stereocenters. The van der Waals surface area contributed by atoms with E-state index in [2.05, 4.69) is 35.8 Å². The van der Waals surface area contributed by atoms with Crippen molar-refractivity contribution in [1.29, 1.82) is 0 Å². The molecule has 0 spiro atoms. The van der Waals surface area contributed by atoms with E-state index in [4.69, 9.17) is 10.5 Å². The number of hydrogen-bond acceptors (Lipinski definition) is 2. The molecule has 0 aromatic heterocycles. The molecule has 1 rings (SSSR count). The van der Waals surface area contributed by atoms with Gasteiger partial charge in [0, 0.05) is 0 Å². The third-order valence-electron chi connectivity index (χ3n) is 2.57. The summed E-state index contributed by atoms with van der Waals surface area (Å²) >= 11 is 3.39. The van der Waals surface area contributed by atoms with Crippen molar-refractivity contribution in [3.8, 4) is 5.75 Å². The van der Waals surface area contributed by atoms with Gasteiger partial charge in [-0.3, -0.25) is 0 Å². The largest absolute Gasteiger partial charge is 0.496 e. The molecule has 1 aromatic carbocycles. The maximum Gasteiger partial charge on any atom is 0.124 e. The highest BCUT2D eigenvalue weighted by Gasteiger charge is 2.13. The maximum absolute atomic E-state index is 5.82. The van der Waals surface area contributed by atoms with E-state index >= 15 is 0 Å². The topological polar surface area (TPSA) is 35.2 Å². The molecule has 1 aromatic rings. The molecule has 0 aliphatic heterocycles. The summed E-state index contributed by atoms with van der Waals surface area (Å²) in [6.45, 7) is 6.15. The fourth-order valence-corrected chi connectivity index (χ4v) is 2.17. The average Bonchev–Trinajstić information content (AvgIpc) is 2.12. The number of ether oxygens (including phenoxy) is 1. The van der Waals surface area contributed by atoms with E-state index in [0.717, 1.165) is 22.4 Å². The predicted molar refractivity (Wildman–Crippen MR) is 63.1 cm³/mol. The van der Waals surface area contributed by atoms with E-state index in [0.29, 0.717) is 0 Å². The van der Waals surface area contributed by atoms with Crippen LogP contribution in [-0.2, 0) is 0 Å². The zero-order valence-corrected chi connectivity index (χ0v) is 10.6. The van der Waals surface area contributed by atoms with Gasteiger partial charge in [0.05, 0.1) is 12.1 Å². The number of methoxy groups -OCH3 is 1. The molecule has 0 radical (unpaired) electrons. The summed E-state index contributed by atoms with van der Waals surface area (Å²) in [7, 11) is 1.70. The Kier molecular flexibility index (Phi) is 3.56. The van der Waals surface area contributed by atoms with E-state index in [1.54, 1.807) is 7.11 Å². The van der Waals surface area contributed by atoms with E-state index in [1.807, 2.05) is 6.92 Å². The van der Waals surface area contributed by atoms with Crippen molar-refractivity contribution in [2.75, 3.05) is 7.11 Å². The molecular formula is C11H16BrNO. The lowest BCUT2D eigenvalue weighted by Gasteiger charge is -2.16. The van der Waals surface area contributed by atoms with E-state index < -0.39 is 0 Å². The van der Waals surface area contributed by atoms with Crippen molar-refractivity contribution in [3.05, 3.63) is 28.3 Å². The van der Waals surface area contributed by atoms with Crippen LogP contribution >= 0.6 is 15.9 Å². The van der Waals surface area contributed by atoms with Gasteiger partial charge in [-0.1, -0.05) is 15.9 Å². The SMILES string of the molecule is COc1c(C)cc(C(N)Br)c(C)c1C. The van der Waals surface area contributed by atoms with Crippen molar-refractivity contribution in [2.45, 2.75) is 25.7 Å². The molecule has 0 amide bonds. The highest BCUT2D eigenvalue weighted by molar-refractivity contribution is 9.09. The van der Waals surface area contributed by atoms with Crippen molar-refractivity contribution in [2.24, 2.45) is 5.73 Å². The van der Waals surface area contributed by atoms with Gasteiger partial charge in [-0.15, -0.1) is 0 Å². The molecular weight excluding hydrogens is 242 g/mol. The fraction of sp³-hybridized carbons (Fsp3) is 0.455. The van der Waals surface area contributed by atoms with Crippen LogP contribution in [0.3, 0.4) is 0 Å². The van der Waals surface area contributed by atoms with Crippen molar-refractivity contribution in [3.63, 3.8) is 0 Å². The van der Waals surface area contributed by atoms with Crippen molar-refractivity contribution < 1.29 is 4.74 Å². The summed E-state index contributed by atoms with van der Waals surface area (Å²) < 4.78 is 5.34. The van der Waals surface area contributed by atoms with Gasteiger partial charge in [0.25, 0.3) is 0 Å². The van der Waals surface area contributed by atoms with Crippen LogP contribution < -0.4 is 10.5 Å². The quantitative estimate of drug-likeness (QED) is 0.653. The minimum absolute atomic E-state index is 0.106. The second-order valence-electron chi connectivity index (χ2n) is 3.47. The summed E-state index contributed by atoms with van der Waals surface area (Å²) in [4.78, 5) is -0.106. The van der Waals surface area contributed by atoms with Crippen LogP contribution in [0.1, 0.15) is 27.2 Å². The smallest absolute Gasteiger partial charge is 0.124 e. The van der Waals surface area contributed by atoms with Crippen LogP contribution in [0, 0.1) is 20.8 Å². The molecule has 2 nitrogen and oxygen atoms in total. The first-order chi connectivity index (χ1) is 6.49. The molecule has 0 bridgehead atoms. The molecule has 0 aliphatic carbocycles. The number of halogens is 1. The van der Waals surface area contributed by atoms with E-state index in [-0.39, 0.29) is 4.95 Å². The molecule has 0 fully saturated rings. The van der Waals surface area contributed by atoms with Gasteiger partial charge in [-0.2, -0.15) is 0 Å². The molecule has 14 heavy (non-hydrogen) atoms. The fourth-order valence-electron chi connectivity index (χ4n) is 1.69. The first-order valence-electron chi connectivity index (χ1n) is 4.53. The standard InChI is InChI=1S/C11H16BrNO/c1-6-5-9(11(12)13)7(2)8(3)10(6)14-4/h5,11H,13H2,1-4H3. The van der Waals surface area contributed by atoms with Crippen molar-refractivity contribution >= 4 is 15.9 Å². The third kappa shape index (κ3) is 1.93. The normalized spacial score (nSPS) is 12.7. The Balaban J connectivity index is 3.40.